The molecule has 2 heterocycles. The zero-order valence-electron chi connectivity index (χ0n) is 15.7. The molecule has 26 heavy (non-hydrogen) atoms. The number of aromatic nitrogens is 5. The predicted octanol–water partition coefficient (Wildman–Crippen LogP) is 2.92. The Morgan fingerprint density at radius 2 is 1.81 bits per heavy atom. The molecule has 0 unspecified atom stereocenters. The SMILES string of the molecule is CC(C)c1nc(NCc2ccccc2Cn2cccn2)nc(N(C)C)n1. The van der Waals surface area contributed by atoms with Crippen molar-refractivity contribution >= 4 is 11.9 Å². The van der Waals surface area contributed by atoms with Crippen LogP contribution in [0, 0.1) is 0 Å². The van der Waals surface area contributed by atoms with Crippen molar-refractivity contribution in [3.8, 4) is 0 Å². The van der Waals surface area contributed by atoms with E-state index in [9.17, 15) is 0 Å². The van der Waals surface area contributed by atoms with Gasteiger partial charge in [-0.25, -0.2) is 0 Å². The van der Waals surface area contributed by atoms with Crippen molar-refractivity contribution < 1.29 is 0 Å². The lowest BCUT2D eigenvalue weighted by Crippen LogP contribution is -2.17. The molecule has 3 rings (SSSR count). The number of nitrogens with zero attached hydrogens (tertiary/aromatic N) is 6. The summed E-state index contributed by atoms with van der Waals surface area (Å²) in [6.45, 7) is 5.55. The Morgan fingerprint density at radius 3 is 2.46 bits per heavy atom. The van der Waals surface area contributed by atoms with Gasteiger partial charge in [0.05, 0.1) is 6.54 Å². The molecule has 0 atom stereocenters. The van der Waals surface area contributed by atoms with Crippen LogP contribution in [0.25, 0.3) is 0 Å². The molecule has 0 aliphatic rings. The monoisotopic (exact) mass is 351 g/mol. The van der Waals surface area contributed by atoms with Gasteiger partial charge in [-0.3, -0.25) is 4.68 Å². The number of hydrogen-bond acceptors (Lipinski definition) is 6. The lowest BCUT2D eigenvalue weighted by Gasteiger charge is -2.15. The molecule has 2 aromatic heterocycles. The van der Waals surface area contributed by atoms with Gasteiger partial charge < -0.3 is 10.2 Å². The van der Waals surface area contributed by atoms with E-state index < -0.39 is 0 Å². The quantitative estimate of drug-likeness (QED) is 0.706. The lowest BCUT2D eigenvalue weighted by atomic mass is 10.1. The lowest BCUT2D eigenvalue weighted by molar-refractivity contribution is 0.681. The first-order valence-corrected chi connectivity index (χ1v) is 8.74. The second-order valence-electron chi connectivity index (χ2n) is 6.69. The first kappa shape index (κ1) is 17.8. The summed E-state index contributed by atoms with van der Waals surface area (Å²) >= 11 is 0. The molecule has 136 valence electrons. The Morgan fingerprint density at radius 1 is 1.04 bits per heavy atom. The molecule has 0 saturated heterocycles. The average molecular weight is 351 g/mol. The fourth-order valence-corrected chi connectivity index (χ4v) is 2.54. The average Bonchev–Trinajstić information content (AvgIpc) is 3.13. The van der Waals surface area contributed by atoms with Gasteiger partial charge in [-0.1, -0.05) is 38.1 Å². The molecule has 0 fully saturated rings. The van der Waals surface area contributed by atoms with Gasteiger partial charge in [0.1, 0.15) is 5.82 Å². The van der Waals surface area contributed by atoms with Gasteiger partial charge in [0.25, 0.3) is 0 Å². The molecule has 3 aromatic rings. The number of anilines is 2. The summed E-state index contributed by atoms with van der Waals surface area (Å²) in [6.07, 6.45) is 3.76. The summed E-state index contributed by atoms with van der Waals surface area (Å²) in [5.41, 5.74) is 2.41. The molecule has 0 aliphatic heterocycles. The highest BCUT2D eigenvalue weighted by Crippen LogP contribution is 2.17. The van der Waals surface area contributed by atoms with Crippen LogP contribution in [0.15, 0.2) is 42.7 Å². The summed E-state index contributed by atoms with van der Waals surface area (Å²) in [5.74, 6) is 2.29. The highest BCUT2D eigenvalue weighted by molar-refractivity contribution is 5.38. The summed E-state index contributed by atoms with van der Waals surface area (Å²) in [4.78, 5) is 15.5. The molecule has 0 spiro atoms. The van der Waals surface area contributed by atoms with Crippen molar-refractivity contribution in [2.24, 2.45) is 0 Å². The van der Waals surface area contributed by atoms with E-state index in [1.807, 2.05) is 48.1 Å². The second kappa shape index (κ2) is 7.95. The van der Waals surface area contributed by atoms with Crippen molar-refractivity contribution in [2.75, 3.05) is 24.3 Å². The van der Waals surface area contributed by atoms with Crippen LogP contribution in [0.4, 0.5) is 11.9 Å². The molecule has 0 radical (unpaired) electrons. The molecule has 0 saturated carbocycles. The minimum Gasteiger partial charge on any atom is -0.350 e. The largest absolute Gasteiger partial charge is 0.350 e. The van der Waals surface area contributed by atoms with Crippen LogP contribution < -0.4 is 10.2 Å². The predicted molar refractivity (Wildman–Crippen MR) is 103 cm³/mol. The summed E-state index contributed by atoms with van der Waals surface area (Å²) in [6, 6.07) is 10.3. The smallest absolute Gasteiger partial charge is 0.229 e. The van der Waals surface area contributed by atoms with Gasteiger partial charge in [0, 0.05) is 39.0 Å². The fourth-order valence-electron chi connectivity index (χ4n) is 2.54. The van der Waals surface area contributed by atoms with Gasteiger partial charge in [-0.15, -0.1) is 0 Å². The maximum absolute atomic E-state index is 4.56. The van der Waals surface area contributed by atoms with Crippen molar-refractivity contribution in [2.45, 2.75) is 32.9 Å². The van der Waals surface area contributed by atoms with Gasteiger partial charge in [-0.05, 0) is 17.2 Å². The topological polar surface area (TPSA) is 71.8 Å². The van der Waals surface area contributed by atoms with E-state index >= 15 is 0 Å². The summed E-state index contributed by atoms with van der Waals surface area (Å²) in [7, 11) is 3.87. The number of nitrogens with one attached hydrogen (secondary N) is 1. The van der Waals surface area contributed by atoms with Crippen LogP contribution in [-0.4, -0.2) is 38.8 Å². The zero-order chi connectivity index (χ0) is 18.5. The Hall–Kier alpha value is -2.96. The highest BCUT2D eigenvalue weighted by Gasteiger charge is 2.11. The van der Waals surface area contributed by atoms with E-state index in [2.05, 4.69) is 51.3 Å². The van der Waals surface area contributed by atoms with E-state index in [4.69, 9.17) is 0 Å². The molecule has 0 aliphatic carbocycles. The molecular weight excluding hydrogens is 326 g/mol. The molecule has 0 bridgehead atoms. The second-order valence-corrected chi connectivity index (χ2v) is 6.69. The van der Waals surface area contributed by atoms with Crippen LogP contribution in [0.3, 0.4) is 0 Å². The van der Waals surface area contributed by atoms with E-state index in [0.29, 0.717) is 18.4 Å². The first-order chi connectivity index (χ1) is 12.5. The summed E-state index contributed by atoms with van der Waals surface area (Å²) in [5, 5.41) is 7.64. The standard InChI is InChI=1S/C19H25N7/c1-14(2)17-22-18(24-19(23-17)25(3)4)20-12-15-8-5-6-9-16(15)13-26-11-7-10-21-26/h5-11,14H,12-13H2,1-4H3,(H,20,22,23,24). The van der Waals surface area contributed by atoms with Crippen LogP contribution in [-0.2, 0) is 13.1 Å². The fraction of sp³-hybridized carbons (Fsp3) is 0.368. The zero-order valence-corrected chi connectivity index (χ0v) is 15.7. The minimum atomic E-state index is 0.240. The highest BCUT2D eigenvalue weighted by atomic mass is 15.3. The molecule has 0 amide bonds. The summed E-state index contributed by atoms with van der Waals surface area (Å²) < 4.78 is 1.92. The van der Waals surface area contributed by atoms with E-state index in [1.165, 1.54) is 11.1 Å². The number of benzene rings is 1. The van der Waals surface area contributed by atoms with Crippen LogP contribution in [0.5, 0.6) is 0 Å². The Bertz CT molecular complexity index is 815. The van der Waals surface area contributed by atoms with Crippen molar-refractivity contribution in [3.63, 3.8) is 0 Å². The number of hydrogen-bond donors (Lipinski definition) is 1. The van der Waals surface area contributed by atoms with Crippen LogP contribution in [0.2, 0.25) is 0 Å². The van der Waals surface area contributed by atoms with Gasteiger partial charge >= 0.3 is 0 Å². The van der Waals surface area contributed by atoms with Crippen molar-refractivity contribution in [1.82, 2.24) is 24.7 Å². The molecular formula is C19H25N7. The van der Waals surface area contributed by atoms with Crippen molar-refractivity contribution in [1.29, 1.82) is 0 Å². The third-order valence-electron chi connectivity index (χ3n) is 4.00. The Labute approximate surface area is 154 Å². The first-order valence-electron chi connectivity index (χ1n) is 8.74. The normalized spacial score (nSPS) is 11.0. The van der Waals surface area contributed by atoms with E-state index in [0.717, 1.165) is 12.4 Å². The minimum absolute atomic E-state index is 0.240. The van der Waals surface area contributed by atoms with Gasteiger partial charge in [0.15, 0.2) is 0 Å². The number of rotatable bonds is 7. The molecule has 7 heteroatoms. The maximum atomic E-state index is 4.56. The van der Waals surface area contributed by atoms with Gasteiger partial charge in [-0.2, -0.15) is 20.1 Å². The van der Waals surface area contributed by atoms with Gasteiger partial charge in [0.2, 0.25) is 11.9 Å². The van der Waals surface area contributed by atoms with Crippen LogP contribution in [0.1, 0.15) is 36.7 Å². The van der Waals surface area contributed by atoms with E-state index in [1.54, 1.807) is 6.20 Å². The Kier molecular flexibility index (Phi) is 5.46. The third kappa shape index (κ3) is 4.36. The maximum Gasteiger partial charge on any atom is 0.229 e. The van der Waals surface area contributed by atoms with Crippen LogP contribution >= 0.6 is 0 Å². The third-order valence-corrected chi connectivity index (χ3v) is 4.00. The van der Waals surface area contributed by atoms with Crippen molar-refractivity contribution in [3.05, 3.63) is 59.7 Å². The van der Waals surface area contributed by atoms with E-state index in [-0.39, 0.29) is 5.92 Å². The molecule has 7 nitrogen and oxygen atoms in total. The molecule has 1 aromatic carbocycles. The Balaban J connectivity index is 1.79. The molecule has 1 N–H and O–H groups in total.